The van der Waals surface area contributed by atoms with Crippen LogP contribution in [0.25, 0.3) is 10.1 Å². The summed E-state index contributed by atoms with van der Waals surface area (Å²) in [5.74, 6) is 0.0784. The van der Waals surface area contributed by atoms with Crippen molar-refractivity contribution < 1.29 is 4.79 Å². The van der Waals surface area contributed by atoms with E-state index in [1.54, 1.807) is 4.90 Å². The fourth-order valence-electron chi connectivity index (χ4n) is 2.14. The maximum Gasteiger partial charge on any atom is 0.263 e. The van der Waals surface area contributed by atoms with Crippen molar-refractivity contribution in [1.82, 2.24) is 4.90 Å². The molecule has 0 spiro atoms. The van der Waals surface area contributed by atoms with Crippen LogP contribution < -0.4 is 5.73 Å². The van der Waals surface area contributed by atoms with Crippen LogP contribution in [0, 0.1) is 5.41 Å². The SMILES string of the molecule is CN(CC(C)(C)C)C(=O)c1cc2cc(N)ccc2s1. The maximum absolute atomic E-state index is 12.4. The topological polar surface area (TPSA) is 46.3 Å². The van der Waals surface area contributed by atoms with Gasteiger partial charge in [-0.2, -0.15) is 0 Å². The van der Waals surface area contributed by atoms with Crippen molar-refractivity contribution in [3.63, 3.8) is 0 Å². The monoisotopic (exact) mass is 276 g/mol. The second-order valence-electron chi connectivity index (χ2n) is 6.13. The highest BCUT2D eigenvalue weighted by Gasteiger charge is 2.20. The first-order valence-corrected chi connectivity index (χ1v) is 7.12. The van der Waals surface area contributed by atoms with Crippen molar-refractivity contribution in [3.05, 3.63) is 29.1 Å². The molecule has 1 aromatic heterocycles. The van der Waals surface area contributed by atoms with E-state index in [1.807, 2.05) is 31.3 Å². The normalized spacial score (nSPS) is 11.8. The molecule has 4 heteroatoms. The number of nitrogens with two attached hydrogens (primary N) is 1. The van der Waals surface area contributed by atoms with Gasteiger partial charge in [-0.15, -0.1) is 11.3 Å². The van der Waals surface area contributed by atoms with E-state index in [1.165, 1.54) is 11.3 Å². The quantitative estimate of drug-likeness (QED) is 0.852. The van der Waals surface area contributed by atoms with Crippen molar-refractivity contribution in [2.45, 2.75) is 20.8 Å². The van der Waals surface area contributed by atoms with Gasteiger partial charge in [0.15, 0.2) is 0 Å². The van der Waals surface area contributed by atoms with Gasteiger partial charge in [0.2, 0.25) is 0 Å². The maximum atomic E-state index is 12.4. The summed E-state index contributed by atoms with van der Waals surface area (Å²) in [6.45, 7) is 7.12. The van der Waals surface area contributed by atoms with Crippen LogP contribution in [0.2, 0.25) is 0 Å². The summed E-state index contributed by atoms with van der Waals surface area (Å²) in [4.78, 5) is 14.9. The summed E-state index contributed by atoms with van der Waals surface area (Å²) in [6.07, 6.45) is 0. The van der Waals surface area contributed by atoms with Crippen molar-refractivity contribution in [1.29, 1.82) is 0 Å². The third-order valence-corrected chi connectivity index (χ3v) is 3.91. The van der Waals surface area contributed by atoms with Crippen LogP contribution in [0.4, 0.5) is 5.69 Å². The van der Waals surface area contributed by atoms with Crippen molar-refractivity contribution in [3.8, 4) is 0 Å². The fourth-order valence-corrected chi connectivity index (χ4v) is 3.18. The molecule has 0 aliphatic rings. The number of hydrogen-bond donors (Lipinski definition) is 1. The average molecular weight is 276 g/mol. The lowest BCUT2D eigenvalue weighted by Crippen LogP contribution is -2.34. The Morgan fingerprint density at radius 1 is 1.32 bits per heavy atom. The summed E-state index contributed by atoms with van der Waals surface area (Å²) < 4.78 is 1.10. The number of carbonyl (C=O) groups is 1. The summed E-state index contributed by atoms with van der Waals surface area (Å²) in [7, 11) is 1.85. The molecule has 0 radical (unpaired) electrons. The van der Waals surface area contributed by atoms with Crippen LogP contribution in [-0.2, 0) is 0 Å². The Hall–Kier alpha value is -1.55. The van der Waals surface area contributed by atoms with E-state index in [-0.39, 0.29) is 11.3 Å². The van der Waals surface area contributed by atoms with Gasteiger partial charge in [0.05, 0.1) is 4.88 Å². The van der Waals surface area contributed by atoms with E-state index < -0.39 is 0 Å². The number of anilines is 1. The summed E-state index contributed by atoms with van der Waals surface area (Å²) in [5.41, 5.74) is 6.59. The van der Waals surface area contributed by atoms with Gasteiger partial charge < -0.3 is 10.6 Å². The standard InChI is InChI=1S/C15H20N2OS/c1-15(2,3)9-17(4)14(18)13-8-10-7-11(16)5-6-12(10)19-13/h5-8H,9,16H2,1-4H3. The molecule has 2 N–H and O–H groups in total. The van der Waals surface area contributed by atoms with Crippen molar-refractivity contribution in [2.24, 2.45) is 5.41 Å². The lowest BCUT2D eigenvalue weighted by molar-refractivity contribution is 0.0750. The predicted molar refractivity (Wildman–Crippen MR) is 82.7 cm³/mol. The number of nitrogen functional groups attached to an aromatic ring is 1. The fraction of sp³-hybridized carbons (Fsp3) is 0.400. The van der Waals surface area contributed by atoms with Crippen molar-refractivity contribution in [2.75, 3.05) is 19.3 Å². The van der Waals surface area contributed by atoms with Crippen LogP contribution in [0.3, 0.4) is 0 Å². The van der Waals surface area contributed by atoms with Crippen LogP contribution in [0.15, 0.2) is 24.3 Å². The molecule has 0 saturated carbocycles. The Morgan fingerprint density at radius 2 is 2.00 bits per heavy atom. The van der Waals surface area contributed by atoms with Crippen LogP contribution in [0.1, 0.15) is 30.4 Å². The molecule has 1 amide bonds. The average Bonchev–Trinajstić information content (AvgIpc) is 2.68. The Labute approximate surface area is 118 Å². The van der Waals surface area contributed by atoms with E-state index >= 15 is 0 Å². The Kier molecular flexibility index (Phi) is 3.54. The molecule has 0 aliphatic heterocycles. The van der Waals surface area contributed by atoms with Gasteiger partial charge in [-0.25, -0.2) is 0 Å². The number of thiophene rings is 1. The zero-order valence-electron chi connectivity index (χ0n) is 11.9. The minimum Gasteiger partial charge on any atom is -0.399 e. The van der Waals surface area contributed by atoms with Crippen molar-refractivity contribution >= 4 is 33.0 Å². The molecular weight excluding hydrogens is 256 g/mol. The molecule has 19 heavy (non-hydrogen) atoms. The molecule has 3 nitrogen and oxygen atoms in total. The highest BCUT2D eigenvalue weighted by molar-refractivity contribution is 7.20. The van der Waals surface area contributed by atoms with Crippen LogP contribution in [0.5, 0.6) is 0 Å². The molecule has 0 fully saturated rings. The Morgan fingerprint density at radius 3 is 2.63 bits per heavy atom. The van der Waals surface area contributed by atoms with Gasteiger partial charge in [0.1, 0.15) is 0 Å². The molecule has 0 unspecified atom stereocenters. The van der Waals surface area contributed by atoms with Gasteiger partial charge in [0, 0.05) is 24.0 Å². The molecule has 0 bridgehead atoms. The molecule has 0 saturated heterocycles. The highest BCUT2D eigenvalue weighted by atomic mass is 32.1. The minimum atomic E-state index is 0.0784. The number of nitrogens with zero attached hydrogens (tertiary/aromatic N) is 1. The number of carbonyl (C=O) groups excluding carboxylic acids is 1. The smallest absolute Gasteiger partial charge is 0.263 e. The molecule has 1 aromatic carbocycles. The molecular formula is C15H20N2OS. The number of rotatable bonds is 2. The van der Waals surface area contributed by atoms with Gasteiger partial charge in [0.25, 0.3) is 5.91 Å². The third kappa shape index (κ3) is 3.26. The number of hydrogen-bond acceptors (Lipinski definition) is 3. The van der Waals surface area contributed by atoms with E-state index in [0.29, 0.717) is 0 Å². The lowest BCUT2D eigenvalue weighted by Gasteiger charge is -2.26. The van der Waals surface area contributed by atoms with Gasteiger partial charge in [-0.1, -0.05) is 20.8 Å². The summed E-state index contributed by atoms with van der Waals surface area (Å²) in [5, 5.41) is 1.04. The minimum absolute atomic E-state index is 0.0784. The lowest BCUT2D eigenvalue weighted by atomic mass is 9.96. The first kappa shape index (κ1) is 13.9. The van der Waals surface area contributed by atoms with E-state index in [9.17, 15) is 4.79 Å². The Balaban J connectivity index is 2.26. The zero-order valence-corrected chi connectivity index (χ0v) is 12.7. The van der Waals surface area contributed by atoms with Crippen LogP contribution in [-0.4, -0.2) is 24.4 Å². The Bertz CT molecular complexity index is 610. The number of benzene rings is 1. The largest absolute Gasteiger partial charge is 0.399 e. The molecule has 0 atom stereocenters. The van der Waals surface area contributed by atoms with E-state index in [2.05, 4.69) is 20.8 Å². The third-order valence-electron chi connectivity index (χ3n) is 2.81. The molecule has 1 heterocycles. The number of fused-ring (bicyclic) bond motifs is 1. The van der Waals surface area contributed by atoms with Crippen LogP contribution >= 0.6 is 11.3 Å². The summed E-state index contributed by atoms with van der Waals surface area (Å²) >= 11 is 1.52. The highest BCUT2D eigenvalue weighted by Crippen LogP contribution is 2.28. The molecule has 2 rings (SSSR count). The first-order chi connectivity index (χ1) is 8.76. The summed E-state index contributed by atoms with van der Waals surface area (Å²) in [6, 6.07) is 7.67. The van der Waals surface area contributed by atoms with E-state index in [4.69, 9.17) is 5.73 Å². The zero-order chi connectivity index (χ0) is 14.2. The molecule has 2 aromatic rings. The second-order valence-corrected chi connectivity index (χ2v) is 7.21. The van der Waals surface area contributed by atoms with Gasteiger partial charge in [-0.05, 0) is 35.1 Å². The first-order valence-electron chi connectivity index (χ1n) is 6.31. The predicted octanol–water partition coefficient (Wildman–Crippen LogP) is 3.60. The van der Waals surface area contributed by atoms with Gasteiger partial charge >= 0.3 is 0 Å². The van der Waals surface area contributed by atoms with E-state index in [0.717, 1.165) is 27.2 Å². The van der Waals surface area contributed by atoms with Gasteiger partial charge in [-0.3, -0.25) is 4.79 Å². The number of amides is 1. The molecule has 102 valence electrons. The second kappa shape index (κ2) is 4.85. The molecule has 0 aliphatic carbocycles.